The van der Waals surface area contributed by atoms with Crippen LogP contribution in [0.15, 0.2) is 18.2 Å². The molecule has 0 aromatic heterocycles. The van der Waals surface area contributed by atoms with Gasteiger partial charge >= 0.3 is 0 Å². The minimum absolute atomic E-state index is 0.245. The highest BCUT2D eigenvalue weighted by Crippen LogP contribution is 2.30. The van der Waals surface area contributed by atoms with Crippen molar-refractivity contribution >= 4 is 5.69 Å². The van der Waals surface area contributed by atoms with Crippen LogP contribution in [0.1, 0.15) is 12.5 Å². The maximum absolute atomic E-state index is 5.76. The zero-order valence-corrected chi connectivity index (χ0v) is 12.0. The Kier molecular flexibility index (Phi) is 4.66. The molecule has 1 aromatic rings. The number of aryl methyl sites for hydroxylation is 1. The lowest BCUT2D eigenvalue weighted by Gasteiger charge is -2.38. The number of nitrogens with one attached hydrogen (secondary N) is 1. The van der Waals surface area contributed by atoms with Gasteiger partial charge in [-0.1, -0.05) is 13.0 Å². The minimum Gasteiger partial charge on any atom is -0.489 e. The molecular weight excluding hydrogens is 242 g/mol. The Balaban J connectivity index is 1.97. The minimum atomic E-state index is 0.245. The summed E-state index contributed by atoms with van der Waals surface area (Å²) in [4.78, 5) is 0. The summed E-state index contributed by atoms with van der Waals surface area (Å²) in [5, 5.41) is 3.46. The molecule has 0 bridgehead atoms. The number of hydrogen-bond acceptors (Lipinski definition) is 4. The second-order valence-corrected chi connectivity index (χ2v) is 5.50. The predicted octanol–water partition coefficient (Wildman–Crippen LogP) is 2.47. The first kappa shape index (κ1) is 14.2. The highest BCUT2D eigenvalue weighted by molar-refractivity contribution is 5.57. The Hall–Kier alpha value is -1.26. The van der Waals surface area contributed by atoms with Crippen molar-refractivity contribution < 1.29 is 14.2 Å². The molecule has 0 radical (unpaired) electrons. The van der Waals surface area contributed by atoms with Gasteiger partial charge in [0.25, 0.3) is 0 Å². The summed E-state index contributed by atoms with van der Waals surface area (Å²) in [7, 11) is 1.68. The number of anilines is 1. The van der Waals surface area contributed by atoms with Crippen molar-refractivity contribution in [1.29, 1.82) is 0 Å². The summed E-state index contributed by atoms with van der Waals surface area (Å²) in [6.07, 6.45) is 0. The molecule has 0 spiro atoms. The van der Waals surface area contributed by atoms with E-state index in [0.29, 0.717) is 13.2 Å². The van der Waals surface area contributed by atoms with Crippen LogP contribution in [0.2, 0.25) is 0 Å². The first-order chi connectivity index (χ1) is 9.13. The summed E-state index contributed by atoms with van der Waals surface area (Å²) < 4.78 is 16.0. The first-order valence-corrected chi connectivity index (χ1v) is 6.67. The molecule has 19 heavy (non-hydrogen) atoms. The van der Waals surface area contributed by atoms with Crippen LogP contribution < -0.4 is 10.1 Å². The van der Waals surface area contributed by atoms with Crippen molar-refractivity contribution in [3.63, 3.8) is 0 Å². The summed E-state index contributed by atoms with van der Waals surface area (Å²) in [6, 6.07) is 6.21. The Morgan fingerprint density at radius 1 is 1.32 bits per heavy atom. The van der Waals surface area contributed by atoms with Gasteiger partial charge in [-0.15, -0.1) is 0 Å². The highest BCUT2D eigenvalue weighted by atomic mass is 16.5. The summed E-state index contributed by atoms with van der Waals surface area (Å²) in [5.74, 6) is 0.890. The van der Waals surface area contributed by atoms with Crippen molar-refractivity contribution in [3.05, 3.63) is 23.8 Å². The molecule has 0 aliphatic carbocycles. The third kappa shape index (κ3) is 3.85. The van der Waals surface area contributed by atoms with Crippen LogP contribution in [0.25, 0.3) is 0 Å². The fraction of sp³-hybridized carbons (Fsp3) is 0.600. The maximum atomic E-state index is 5.76. The third-order valence-corrected chi connectivity index (χ3v) is 3.29. The normalized spacial score (nSPS) is 16.8. The fourth-order valence-electron chi connectivity index (χ4n) is 1.99. The average Bonchev–Trinajstić information content (AvgIpc) is 2.36. The maximum Gasteiger partial charge on any atom is 0.142 e. The van der Waals surface area contributed by atoms with E-state index in [1.54, 1.807) is 7.11 Å². The van der Waals surface area contributed by atoms with Crippen molar-refractivity contribution in [3.8, 4) is 5.75 Å². The molecule has 4 heteroatoms. The second-order valence-electron chi connectivity index (χ2n) is 5.50. The Bertz CT molecular complexity index is 416. The molecule has 0 unspecified atom stereocenters. The SMILES string of the molecule is COCCOc1cc(C)ccc1NCC1(C)COC1. The van der Waals surface area contributed by atoms with Gasteiger partial charge in [-0.2, -0.15) is 0 Å². The van der Waals surface area contributed by atoms with E-state index in [9.17, 15) is 0 Å². The highest BCUT2D eigenvalue weighted by Gasteiger charge is 2.33. The molecule has 0 atom stereocenters. The van der Waals surface area contributed by atoms with Gasteiger partial charge in [0, 0.05) is 19.1 Å². The van der Waals surface area contributed by atoms with Crippen LogP contribution in [-0.2, 0) is 9.47 Å². The molecule has 2 rings (SSSR count). The van der Waals surface area contributed by atoms with E-state index in [2.05, 4.69) is 37.4 Å². The van der Waals surface area contributed by atoms with Crippen molar-refractivity contribution in [2.75, 3.05) is 45.4 Å². The van der Waals surface area contributed by atoms with Gasteiger partial charge in [0.15, 0.2) is 0 Å². The zero-order chi connectivity index (χ0) is 13.7. The Morgan fingerprint density at radius 2 is 2.11 bits per heavy atom. The van der Waals surface area contributed by atoms with Crippen LogP contribution in [0.4, 0.5) is 5.69 Å². The Morgan fingerprint density at radius 3 is 2.74 bits per heavy atom. The molecule has 0 amide bonds. The van der Waals surface area contributed by atoms with Gasteiger partial charge in [-0.25, -0.2) is 0 Å². The standard InChI is InChI=1S/C15H23NO3/c1-12-4-5-13(14(8-12)19-7-6-17-3)16-9-15(2)10-18-11-15/h4-5,8,16H,6-7,9-11H2,1-3H3. The molecular formula is C15H23NO3. The van der Waals surface area contributed by atoms with E-state index in [-0.39, 0.29) is 5.41 Å². The number of rotatable bonds is 7. The van der Waals surface area contributed by atoms with Crippen LogP contribution in [0.3, 0.4) is 0 Å². The van der Waals surface area contributed by atoms with Crippen LogP contribution >= 0.6 is 0 Å². The average molecular weight is 265 g/mol. The largest absolute Gasteiger partial charge is 0.489 e. The molecule has 1 N–H and O–H groups in total. The summed E-state index contributed by atoms with van der Waals surface area (Å²) >= 11 is 0. The van der Waals surface area contributed by atoms with Gasteiger partial charge in [0.2, 0.25) is 0 Å². The smallest absolute Gasteiger partial charge is 0.142 e. The predicted molar refractivity (Wildman–Crippen MR) is 76.0 cm³/mol. The number of ether oxygens (including phenoxy) is 3. The number of methoxy groups -OCH3 is 1. The van der Waals surface area contributed by atoms with Crippen molar-refractivity contribution in [2.45, 2.75) is 13.8 Å². The summed E-state index contributed by atoms with van der Waals surface area (Å²) in [5.41, 5.74) is 2.47. The molecule has 106 valence electrons. The van der Waals surface area contributed by atoms with E-state index in [4.69, 9.17) is 14.2 Å². The van der Waals surface area contributed by atoms with E-state index in [0.717, 1.165) is 31.2 Å². The quantitative estimate of drug-likeness (QED) is 0.769. The van der Waals surface area contributed by atoms with Gasteiger partial charge in [-0.05, 0) is 24.6 Å². The lowest BCUT2D eigenvalue weighted by molar-refractivity contribution is -0.0924. The topological polar surface area (TPSA) is 39.7 Å². The molecule has 1 aromatic carbocycles. The lowest BCUT2D eigenvalue weighted by atomic mass is 9.88. The summed E-state index contributed by atoms with van der Waals surface area (Å²) in [6.45, 7) is 8.00. The molecule has 0 saturated carbocycles. The zero-order valence-electron chi connectivity index (χ0n) is 12.0. The molecule has 4 nitrogen and oxygen atoms in total. The Labute approximate surface area is 115 Å². The van der Waals surface area contributed by atoms with E-state index < -0.39 is 0 Å². The number of hydrogen-bond donors (Lipinski definition) is 1. The van der Waals surface area contributed by atoms with E-state index >= 15 is 0 Å². The molecule has 1 heterocycles. The lowest BCUT2D eigenvalue weighted by Crippen LogP contribution is -2.45. The van der Waals surface area contributed by atoms with E-state index in [1.165, 1.54) is 5.56 Å². The van der Waals surface area contributed by atoms with Crippen LogP contribution in [-0.4, -0.2) is 40.1 Å². The fourth-order valence-corrected chi connectivity index (χ4v) is 1.99. The van der Waals surface area contributed by atoms with Gasteiger partial charge in [0.05, 0.1) is 25.5 Å². The van der Waals surface area contributed by atoms with Crippen LogP contribution in [0.5, 0.6) is 5.75 Å². The second kappa shape index (κ2) is 6.26. The molecule has 1 aliphatic heterocycles. The molecule has 1 fully saturated rings. The van der Waals surface area contributed by atoms with Gasteiger partial charge in [-0.3, -0.25) is 0 Å². The number of benzene rings is 1. The molecule has 1 aliphatic rings. The molecule has 1 saturated heterocycles. The third-order valence-electron chi connectivity index (χ3n) is 3.29. The van der Waals surface area contributed by atoms with E-state index in [1.807, 2.05) is 0 Å². The van der Waals surface area contributed by atoms with Crippen molar-refractivity contribution in [1.82, 2.24) is 0 Å². The van der Waals surface area contributed by atoms with Crippen molar-refractivity contribution in [2.24, 2.45) is 5.41 Å². The monoisotopic (exact) mass is 265 g/mol. The van der Waals surface area contributed by atoms with Crippen LogP contribution in [0, 0.1) is 12.3 Å². The van der Waals surface area contributed by atoms with Gasteiger partial charge in [0.1, 0.15) is 12.4 Å². The van der Waals surface area contributed by atoms with Gasteiger partial charge < -0.3 is 19.5 Å². The first-order valence-electron chi connectivity index (χ1n) is 6.67.